The van der Waals surface area contributed by atoms with Crippen LogP contribution in [0.4, 0.5) is 0 Å². The van der Waals surface area contributed by atoms with Gasteiger partial charge in [-0.05, 0) is 17.5 Å². The Morgan fingerprint density at radius 3 is 2.87 bits per heavy atom. The minimum absolute atomic E-state index is 0.0504. The Morgan fingerprint density at radius 1 is 1.47 bits per heavy atom. The highest BCUT2D eigenvalue weighted by atomic mass is 79.9. The molecule has 15 heavy (non-hydrogen) atoms. The Labute approximate surface area is 98.8 Å². The number of pyridine rings is 1. The van der Waals surface area contributed by atoms with Crippen LogP contribution in [0.1, 0.15) is 10.5 Å². The van der Waals surface area contributed by atoms with Gasteiger partial charge in [0.05, 0.1) is 0 Å². The van der Waals surface area contributed by atoms with Crippen molar-refractivity contribution >= 4 is 44.3 Å². The SMILES string of the molecule is O=C(O)c1cc2cccc(Br)c2c(Cl)n1. The molecule has 0 atom stereocenters. The van der Waals surface area contributed by atoms with E-state index in [-0.39, 0.29) is 10.8 Å². The summed E-state index contributed by atoms with van der Waals surface area (Å²) in [5.74, 6) is -1.08. The number of aromatic carboxylic acids is 1. The first kappa shape index (κ1) is 10.4. The molecule has 0 saturated carbocycles. The summed E-state index contributed by atoms with van der Waals surface area (Å²) in [6, 6.07) is 6.93. The molecule has 2 aromatic rings. The summed E-state index contributed by atoms with van der Waals surface area (Å²) < 4.78 is 0.800. The van der Waals surface area contributed by atoms with Crippen molar-refractivity contribution in [3.63, 3.8) is 0 Å². The van der Waals surface area contributed by atoms with Gasteiger partial charge in [0, 0.05) is 9.86 Å². The predicted octanol–water partition coefficient (Wildman–Crippen LogP) is 3.35. The van der Waals surface area contributed by atoms with Gasteiger partial charge in [0.15, 0.2) is 5.69 Å². The molecule has 1 heterocycles. The second kappa shape index (κ2) is 3.79. The van der Waals surface area contributed by atoms with Crippen molar-refractivity contribution in [1.82, 2.24) is 4.98 Å². The normalized spacial score (nSPS) is 10.5. The fourth-order valence-electron chi connectivity index (χ4n) is 1.33. The quantitative estimate of drug-likeness (QED) is 0.818. The second-order valence-corrected chi connectivity index (χ2v) is 4.15. The first-order valence-electron chi connectivity index (χ1n) is 4.07. The van der Waals surface area contributed by atoms with E-state index >= 15 is 0 Å². The molecular weight excluding hydrogens is 281 g/mol. The molecule has 1 aromatic heterocycles. The van der Waals surface area contributed by atoms with Crippen LogP contribution in [0.15, 0.2) is 28.7 Å². The summed E-state index contributed by atoms with van der Waals surface area (Å²) in [6.45, 7) is 0. The van der Waals surface area contributed by atoms with Gasteiger partial charge < -0.3 is 5.11 Å². The highest BCUT2D eigenvalue weighted by Gasteiger charge is 2.11. The molecule has 0 radical (unpaired) electrons. The molecule has 0 saturated heterocycles. The molecule has 5 heteroatoms. The Bertz CT molecular complexity index is 556. The van der Waals surface area contributed by atoms with E-state index in [0.717, 1.165) is 15.2 Å². The number of carbonyl (C=O) groups is 1. The second-order valence-electron chi connectivity index (χ2n) is 2.94. The smallest absolute Gasteiger partial charge is 0.354 e. The maximum absolute atomic E-state index is 10.7. The molecule has 3 nitrogen and oxygen atoms in total. The average Bonchev–Trinajstić information content (AvgIpc) is 2.17. The van der Waals surface area contributed by atoms with Crippen molar-refractivity contribution in [3.05, 3.63) is 39.6 Å². The van der Waals surface area contributed by atoms with E-state index in [0.29, 0.717) is 0 Å². The van der Waals surface area contributed by atoms with Crippen LogP contribution in [0.25, 0.3) is 10.8 Å². The first-order valence-corrected chi connectivity index (χ1v) is 5.25. The third kappa shape index (κ3) is 1.82. The summed E-state index contributed by atoms with van der Waals surface area (Å²) >= 11 is 9.24. The van der Waals surface area contributed by atoms with Crippen LogP contribution >= 0.6 is 27.5 Å². The van der Waals surface area contributed by atoms with E-state index in [9.17, 15) is 4.79 Å². The van der Waals surface area contributed by atoms with Crippen molar-refractivity contribution in [1.29, 1.82) is 0 Å². The fourth-order valence-corrected chi connectivity index (χ4v) is 2.31. The monoisotopic (exact) mass is 285 g/mol. The Balaban J connectivity index is 2.84. The number of rotatable bonds is 1. The average molecular weight is 287 g/mol. The van der Waals surface area contributed by atoms with Gasteiger partial charge in [-0.25, -0.2) is 9.78 Å². The van der Waals surface area contributed by atoms with Gasteiger partial charge in [-0.2, -0.15) is 0 Å². The number of carboxylic acids is 1. The minimum atomic E-state index is -1.08. The molecule has 2 rings (SSSR count). The van der Waals surface area contributed by atoms with E-state index in [1.807, 2.05) is 12.1 Å². The lowest BCUT2D eigenvalue weighted by Crippen LogP contribution is -2.00. The fraction of sp³-hybridized carbons (Fsp3) is 0. The Kier molecular flexibility index (Phi) is 2.63. The summed E-state index contributed by atoms with van der Waals surface area (Å²) in [5.41, 5.74) is -0.0504. The van der Waals surface area contributed by atoms with Crippen molar-refractivity contribution in [2.45, 2.75) is 0 Å². The lowest BCUT2D eigenvalue weighted by atomic mass is 10.1. The van der Waals surface area contributed by atoms with Gasteiger partial charge >= 0.3 is 5.97 Å². The van der Waals surface area contributed by atoms with E-state index in [4.69, 9.17) is 16.7 Å². The summed E-state index contributed by atoms with van der Waals surface area (Å²) in [7, 11) is 0. The van der Waals surface area contributed by atoms with Crippen LogP contribution < -0.4 is 0 Å². The van der Waals surface area contributed by atoms with E-state index in [1.165, 1.54) is 6.07 Å². The number of fused-ring (bicyclic) bond motifs is 1. The van der Waals surface area contributed by atoms with Crippen LogP contribution in [0.2, 0.25) is 5.15 Å². The number of hydrogen-bond donors (Lipinski definition) is 1. The molecule has 0 aliphatic carbocycles. The van der Waals surface area contributed by atoms with Gasteiger partial charge in [0.25, 0.3) is 0 Å². The Hall–Kier alpha value is -1.13. The van der Waals surface area contributed by atoms with Crippen LogP contribution in [0.5, 0.6) is 0 Å². The molecule has 0 bridgehead atoms. The van der Waals surface area contributed by atoms with E-state index < -0.39 is 5.97 Å². The zero-order chi connectivity index (χ0) is 11.0. The third-order valence-corrected chi connectivity index (χ3v) is 2.92. The number of hydrogen-bond acceptors (Lipinski definition) is 2. The van der Waals surface area contributed by atoms with Gasteiger partial charge in [0.1, 0.15) is 5.15 Å². The molecule has 0 aliphatic heterocycles. The Morgan fingerprint density at radius 2 is 2.20 bits per heavy atom. The third-order valence-electron chi connectivity index (χ3n) is 1.98. The maximum Gasteiger partial charge on any atom is 0.354 e. The zero-order valence-electron chi connectivity index (χ0n) is 7.37. The van der Waals surface area contributed by atoms with Crippen molar-refractivity contribution in [2.24, 2.45) is 0 Å². The topological polar surface area (TPSA) is 50.2 Å². The van der Waals surface area contributed by atoms with Crippen LogP contribution in [-0.4, -0.2) is 16.1 Å². The lowest BCUT2D eigenvalue weighted by Gasteiger charge is -2.03. The number of benzene rings is 1. The summed E-state index contributed by atoms with van der Waals surface area (Å²) in [5, 5.41) is 10.5. The highest BCUT2D eigenvalue weighted by molar-refractivity contribution is 9.10. The molecule has 0 unspecified atom stereocenters. The molecule has 0 aliphatic rings. The molecule has 1 aromatic carbocycles. The van der Waals surface area contributed by atoms with Crippen molar-refractivity contribution < 1.29 is 9.90 Å². The van der Waals surface area contributed by atoms with E-state index in [1.54, 1.807) is 6.07 Å². The number of aromatic nitrogens is 1. The van der Waals surface area contributed by atoms with Gasteiger partial charge in [-0.15, -0.1) is 0 Å². The first-order chi connectivity index (χ1) is 7.09. The van der Waals surface area contributed by atoms with Crippen LogP contribution in [0, 0.1) is 0 Å². The largest absolute Gasteiger partial charge is 0.477 e. The molecule has 0 amide bonds. The van der Waals surface area contributed by atoms with Crippen LogP contribution in [0.3, 0.4) is 0 Å². The van der Waals surface area contributed by atoms with Crippen molar-refractivity contribution in [2.75, 3.05) is 0 Å². The standard InChI is InChI=1S/C10H5BrClNO2/c11-6-3-1-2-5-4-7(10(14)15)13-9(12)8(5)6/h1-4H,(H,14,15). The number of nitrogens with zero attached hydrogens (tertiary/aromatic N) is 1. The number of carboxylic acid groups (broad SMARTS) is 1. The molecule has 0 spiro atoms. The zero-order valence-corrected chi connectivity index (χ0v) is 9.71. The van der Waals surface area contributed by atoms with Gasteiger partial charge in [-0.1, -0.05) is 39.7 Å². The van der Waals surface area contributed by atoms with Gasteiger partial charge in [0.2, 0.25) is 0 Å². The maximum atomic E-state index is 10.7. The van der Waals surface area contributed by atoms with E-state index in [2.05, 4.69) is 20.9 Å². The lowest BCUT2D eigenvalue weighted by molar-refractivity contribution is 0.0690. The van der Waals surface area contributed by atoms with Crippen LogP contribution in [-0.2, 0) is 0 Å². The summed E-state index contributed by atoms with van der Waals surface area (Å²) in [6.07, 6.45) is 0. The van der Waals surface area contributed by atoms with Gasteiger partial charge in [-0.3, -0.25) is 0 Å². The molecule has 0 fully saturated rings. The predicted molar refractivity (Wildman–Crippen MR) is 61.4 cm³/mol. The van der Waals surface area contributed by atoms with Crippen molar-refractivity contribution in [3.8, 4) is 0 Å². The highest BCUT2D eigenvalue weighted by Crippen LogP contribution is 2.29. The molecular formula is C10H5BrClNO2. The molecule has 76 valence electrons. The minimum Gasteiger partial charge on any atom is -0.477 e. The number of halogens is 2. The summed E-state index contributed by atoms with van der Waals surface area (Å²) in [4.78, 5) is 14.5. The molecule has 1 N–H and O–H groups in total.